The highest BCUT2D eigenvalue weighted by atomic mass is 16.5. The van der Waals surface area contributed by atoms with Crippen LogP contribution < -0.4 is 5.32 Å². The average molecular weight is 197 g/mol. The standard InChI is InChI=1S/C9H15N3O2/c1-2-14-5-3-4-10-9(13)8-6-11-12-7-8/h6-7H,2-5H2,1H3,(H,10,13)(H,11,12). The lowest BCUT2D eigenvalue weighted by Gasteiger charge is -2.03. The molecule has 1 amide bonds. The van der Waals surface area contributed by atoms with Crippen LogP contribution in [0.25, 0.3) is 0 Å². The van der Waals surface area contributed by atoms with Crippen molar-refractivity contribution < 1.29 is 9.53 Å². The molecule has 14 heavy (non-hydrogen) atoms. The number of nitrogens with zero attached hydrogens (tertiary/aromatic N) is 1. The Balaban J connectivity index is 2.10. The molecular weight excluding hydrogens is 182 g/mol. The molecule has 5 heteroatoms. The van der Waals surface area contributed by atoms with Crippen LogP contribution in [-0.4, -0.2) is 35.9 Å². The highest BCUT2D eigenvalue weighted by Crippen LogP contribution is 1.92. The summed E-state index contributed by atoms with van der Waals surface area (Å²) in [7, 11) is 0. The zero-order chi connectivity index (χ0) is 10.2. The van der Waals surface area contributed by atoms with Gasteiger partial charge in [0.2, 0.25) is 0 Å². The number of ether oxygens (including phenoxy) is 1. The molecule has 0 aliphatic rings. The highest BCUT2D eigenvalue weighted by molar-refractivity contribution is 5.93. The molecule has 0 aliphatic heterocycles. The lowest BCUT2D eigenvalue weighted by Crippen LogP contribution is -2.24. The summed E-state index contributed by atoms with van der Waals surface area (Å²) in [5.74, 6) is -0.102. The number of carbonyl (C=O) groups is 1. The first-order valence-corrected chi connectivity index (χ1v) is 4.69. The maximum absolute atomic E-state index is 11.3. The fourth-order valence-electron chi connectivity index (χ4n) is 0.998. The van der Waals surface area contributed by atoms with Gasteiger partial charge in [0.05, 0.1) is 11.8 Å². The second kappa shape index (κ2) is 6.15. The maximum atomic E-state index is 11.3. The van der Waals surface area contributed by atoms with Crippen molar-refractivity contribution in [2.45, 2.75) is 13.3 Å². The molecule has 1 heterocycles. The number of rotatable bonds is 6. The van der Waals surface area contributed by atoms with Gasteiger partial charge in [0.1, 0.15) is 0 Å². The van der Waals surface area contributed by atoms with Crippen molar-refractivity contribution in [3.05, 3.63) is 18.0 Å². The first-order chi connectivity index (χ1) is 6.84. The third kappa shape index (κ3) is 3.57. The van der Waals surface area contributed by atoms with Gasteiger partial charge in [-0.15, -0.1) is 0 Å². The van der Waals surface area contributed by atoms with Gasteiger partial charge in [-0.25, -0.2) is 0 Å². The number of hydrogen-bond acceptors (Lipinski definition) is 3. The van der Waals surface area contributed by atoms with Crippen LogP contribution in [0, 0.1) is 0 Å². The molecule has 0 aliphatic carbocycles. The number of nitrogens with one attached hydrogen (secondary N) is 2. The molecule has 78 valence electrons. The second-order valence-electron chi connectivity index (χ2n) is 2.79. The Labute approximate surface area is 82.8 Å². The SMILES string of the molecule is CCOCCCNC(=O)c1cn[nH]c1. The Hall–Kier alpha value is -1.36. The molecular formula is C9H15N3O2. The van der Waals surface area contributed by atoms with Crippen LogP contribution in [0.3, 0.4) is 0 Å². The van der Waals surface area contributed by atoms with Crippen molar-refractivity contribution in [2.24, 2.45) is 0 Å². The van der Waals surface area contributed by atoms with Crippen LogP contribution in [0.1, 0.15) is 23.7 Å². The predicted octanol–water partition coefficient (Wildman–Crippen LogP) is 0.566. The van der Waals surface area contributed by atoms with Crippen LogP contribution in [0.4, 0.5) is 0 Å². The zero-order valence-corrected chi connectivity index (χ0v) is 8.25. The fourth-order valence-corrected chi connectivity index (χ4v) is 0.998. The Bertz CT molecular complexity index is 259. The third-order valence-electron chi connectivity index (χ3n) is 1.72. The Morgan fingerprint density at radius 3 is 3.21 bits per heavy atom. The second-order valence-corrected chi connectivity index (χ2v) is 2.79. The van der Waals surface area contributed by atoms with Gasteiger partial charge in [-0.3, -0.25) is 9.89 Å². The van der Waals surface area contributed by atoms with Crippen molar-refractivity contribution in [1.82, 2.24) is 15.5 Å². The number of aromatic amines is 1. The molecule has 0 bridgehead atoms. The molecule has 1 rings (SSSR count). The van der Waals surface area contributed by atoms with Crippen molar-refractivity contribution in [1.29, 1.82) is 0 Å². The molecule has 0 radical (unpaired) electrons. The lowest BCUT2D eigenvalue weighted by molar-refractivity contribution is 0.0944. The lowest BCUT2D eigenvalue weighted by atomic mass is 10.3. The minimum Gasteiger partial charge on any atom is -0.382 e. The molecule has 0 spiro atoms. The van der Waals surface area contributed by atoms with E-state index in [0.717, 1.165) is 13.0 Å². The average Bonchev–Trinajstić information content (AvgIpc) is 2.70. The molecule has 0 saturated carbocycles. The normalized spacial score (nSPS) is 10.1. The van der Waals surface area contributed by atoms with Gasteiger partial charge < -0.3 is 10.1 Å². The highest BCUT2D eigenvalue weighted by Gasteiger charge is 2.04. The van der Waals surface area contributed by atoms with Gasteiger partial charge in [0.15, 0.2) is 0 Å². The number of aromatic nitrogens is 2. The van der Waals surface area contributed by atoms with Gasteiger partial charge in [-0.1, -0.05) is 0 Å². The van der Waals surface area contributed by atoms with Gasteiger partial charge in [-0.2, -0.15) is 5.10 Å². The Morgan fingerprint density at radius 2 is 2.57 bits per heavy atom. The summed E-state index contributed by atoms with van der Waals surface area (Å²) in [6.07, 6.45) is 3.90. The van der Waals surface area contributed by atoms with E-state index in [9.17, 15) is 4.79 Å². The fraction of sp³-hybridized carbons (Fsp3) is 0.556. The number of H-pyrrole nitrogens is 1. The summed E-state index contributed by atoms with van der Waals surface area (Å²) in [4.78, 5) is 11.3. The monoisotopic (exact) mass is 197 g/mol. The van der Waals surface area contributed by atoms with Crippen molar-refractivity contribution >= 4 is 5.91 Å². The van der Waals surface area contributed by atoms with E-state index in [1.54, 1.807) is 6.20 Å². The van der Waals surface area contributed by atoms with Crippen LogP contribution in [-0.2, 0) is 4.74 Å². The molecule has 0 atom stereocenters. The quantitative estimate of drug-likeness (QED) is 0.655. The number of carbonyl (C=O) groups excluding carboxylic acids is 1. The zero-order valence-electron chi connectivity index (χ0n) is 8.25. The van der Waals surface area contributed by atoms with Crippen LogP contribution in [0.5, 0.6) is 0 Å². The minimum absolute atomic E-state index is 0.102. The van der Waals surface area contributed by atoms with E-state index >= 15 is 0 Å². The van der Waals surface area contributed by atoms with Crippen LogP contribution >= 0.6 is 0 Å². The molecule has 1 aromatic heterocycles. The Morgan fingerprint density at radius 1 is 1.71 bits per heavy atom. The minimum atomic E-state index is -0.102. The smallest absolute Gasteiger partial charge is 0.254 e. The van der Waals surface area contributed by atoms with Crippen LogP contribution in [0.15, 0.2) is 12.4 Å². The third-order valence-corrected chi connectivity index (χ3v) is 1.72. The van der Waals surface area contributed by atoms with Gasteiger partial charge in [0.25, 0.3) is 5.91 Å². The summed E-state index contributed by atoms with van der Waals surface area (Å²) in [5, 5.41) is 9.04. The topological polar surface area (TPSA) is 67.0 Å². The van der Waals surface area contributed by atoms with E-state index in [1.165, 1.54) is 6.20 Å². The van der Waals surface area contributed by atoms with Gasteiger partial charge in [-0.05, 0) is 13.3 Å². The molecule has 1 aromatic rings. The molecule has 5 nitrogen and oxygen atoms in total. The molecule has 2 N–H and O–H groups in total. The van der Waals surface area contributed by atoms with Crippen LogP contribution in [0.2, 0.25) is 0 Å². The first kappa shape index (κ1) is 10.7. The number of hydrogen-bond donors (Lipinski definition) is 2. The van der Waals surface area contributed by atoms with Crippen molar-refractivity contribution in [3.63, 3.8) is 0 Å². The van der Waals surface area contributed by atoms with E-state index in [-0.39, 0.29) is 5.91 Å². The summed E-state index contributed by atoms with van der Waals surface area (Å²) >= 11 is 0. The summed E-state index contributed by atoms with van der Waals surface area (Å²) in [6.45, 7) is 3.98. The first-order valence-electron chi connectivity index (χ1n) is 4.69. The summed E-state index contributed by atoms with van der Waals surface area (Å²) < 4.78 is 5.14. The van der Waals surface area contributed by atoms with E-state index in [0.29, 0.717) is 18.7 Å². The maximum Gasteiger partial charge on any atom is 0.254 e. The number of amides is 1. The molecule has 0 unspecified atom stereocenters. The summed E-state index contributed by atoms with van der Waals surface area (Å²) in [6, 6.07) is 0. The molecule has 0 aromatic carbocycles. The van der Waals surface area contributed by atoms with E-state index in [2.05, 4.69) is 15.5 Å². The summed E-state index contributed by atoms with van der Waals surface area (Å²) in [5.41, 5.74) is 0.557. The van der Waals surface area contributed by atoms with Crippen molar-refractivity contribution in [3.8, 4) is 0 Å². The van der Waals surface area contributed by atoms with E-state index in [1.807, 2.05) is 6.92 Å². The molecule has 0 saturated heterocycles. The predicted molar refractivity (Wildman–Crippen MR) is 52.0 cm³/mol. The molecule has 0 fully saturated rings. The Kier molecular flexibility index (Phi) is 4.71. The van der Waals surface area contributed by atoms with Gasteiger partial charge >= 0.3 is 0 Å². The van der Waals surface area contributed by atoms with E-state index in [4.69, 9.17) is 4.74 Å². The van der Waals surface area contributed by atoms with Gasteiger partial charge in [0, 0.05) is 26.0 Å². The van der Waals surface area contributed by atoms with Crippen molar-refractivity contribution in [2.75, 3.05) is 19.8 Å². The van der Waals surface area contributed by atoms with E-state index < -0.39 is 0 Å². The largest absolute Gasteiger partial charge is 0.382 e.